The molecule has 4 amide bonds. The number of ether oxygens (including phenoxy) is 1. The third kappa shape index (κ3) is 8.60. The highest BCUT2D eigenvalue weighted by Crippen LogP contribution is 2.34. The SMILES string of the molecule is CC(C)(C)C(NC(=O)NC1(C(=O)OCc2ccco2)CCCCC1)C(=O)N1CCCC1C=NNC(CC1CC1)C(=O)C(N)=O. The van der Waals surface area contributed by atoms with E-state index >= 15 is 0 Å². The maximum Gasteiger partial charge on any atom is 0.332 e. The van der Waals surface area contributed by atoms with E-state index in [2.05, 4.69) is 21.2 Å². The fourth-order valence-corrected chi connectivity index (χ4v) is 5.92. The lowest BCUT2D eigenvalue weighted by Crippen LogP contribution is -2.63. The number of hydrazone groups is 1. The van der Waals surface area contributed by atoms with Gasteiger partial charge in [0.25, 0.3) is 5.91 Å². The van der Waals surface area contributed by atoms with Crippen LogP contribution in [0.3, 0.4) is 0 Å². The second kappa shape index (κ2) is 14.3. The smallest absolute Gasteiger partial charge is 0.332 e. The van der Waals surface area contributed by atoms with Gasteiger partial charge in [-0.1, -0.05) is 52.9 Å². The molecule has 3 atom stereocenters. The van der Waals surface area contributed by atoms with E-state index in [1.165, 1.54) is 6.26 Å². The van der Waals surface area contributed by atoms with E-state index in [4.69, 9.17) is 14.9 Å². The Kier molecular flexibility index (Phi) is 10.7. The lowest BCUT2D eigenvalue weighted by Gasteiger charge is -2.38. The largest absolute Gasteiger partial charge is 0.466 e. The van der Waals surface area contributed by atoms with Crippen molar-refractivity contribution in [3.05, 3.63) is 24.2 Å². The van der Waals surface area contributed by atoms with E-state index in [0.717, 1.165) is 38.5 Å². The molecule has 2 aliphatic carbocycles. The molecule has 2 saturated carbocycles. The number of primary amides is 1. The minimum Gasteiger partial charge on any atom is -0.466 e. The number of hydrogen-bond donors (Lipinski definition) is 4. The summed E-state index contributed by atoms with van der Waals surface area (Å²) in [6.07, 6.45) is 10.3. The van der Waals surface area contributed by atoms with Gasteiger partial charge in [-0.25, -0.2) is 9.59 Å². The number of rotatable bonds is 13. The van der Waals surface area contributed by atoms with Crippen LogP contribution in [-0.4, -0.2) is 70.9 Å². The number of amides is 4. The first kappa shape index (κ1) is 33.0. The molecule has 1 aromatic heterocycles. The standard InChI is InChI=1S/C31H46N6O7/c1-30(2,3)25(34-29(42)35-31(13-5-4-6-14-31)28(41)44-19-22-10-8-16-43-22)27(40)37-15-7-9-21(37)18-33-36-23(17-20-11-12-20)24(38)26(32)39/h8,10,16,18,20-21,23,25,36H,4-7,9,11-15,17,19H2,1-3H3,(H2,32,39)(H2,34,35,42). The van der Waals surface area contributed by atoms with E-state index in [1.807, 2.05) is 20.8 Å². The van der Waals surface area contributed by atoms with Crippen molar-refractivity contribution < 1.29 is 33.1 Å². The fraction of sp³-hybridized carbons (Fsp3) is 0.677. The predicted octanol–water partition coefficient (Wildman–Crippen LogP) is 2.53. The van der Waals surface area contributed by atoms with Crippen molar-refractivity contribution in [1.29, 1.82) is 0 Å². The molecule has 0 radical (unpaired) electrons. The molecule has 242 valence electrons. The first-order valence-electron chi connectivity index (χ1n) is 15.6. The molecule has 2 heterocycles. The first-order valence-corrected chi connectivity index (χ1v) is 15.6. The van der Waals surface area contributed by atoms with Gasteiger partial charge < -0.3 is 30.4 Å². The highest BCUT2D eigenvalue weighted by molar-refractivity contribution is 6.37. The highest BCUT2D eigenvalue weighted by Gasteiger charge is 2.45. The number of nitrogens with two attached hydrogens (primary N) is 1. The molecule has 44 heavy (non-hydrogen) atoms. The van der Waals surface area contributed by atoms with Crippen LogP contribution >= 0.6 is 0 Å². The van der Waals surface area contributed by atoms with Gasteiger partial charge in [0, 0.05) is 12.8 Å². The van der Waals surface area contributed by atoms with Crippen LogP contribution < -0.4 is 21.8 Å². The van der Waals surface area contributed by atoms with Gasteiger partial charge in [-0.05, 0) is 55.6 Å². The maximum atomic E-state index is 13.9. The summed E-state index contributed by atoms with van der Waals surface area (Å²) in [6, 6.07) is 0.736. The number of nitrogens with zero attached hydrogens (tertiary/aromatic N) is 2. The average Bonchev–Trinajstić information content (AvgIpc) is 3.41. The van der Waals surface area contributed by atoms with Gasteiger partial charge in [-0.3, -0.25) is 19.8 Å². The van der Waals surface area contributed by atoms with E-state index in [-0.39, 0.29) is 18.6 Å². The van der Waals surface area contributed by atoms with Gasteiger partial charge in [-0.15, -0.1) is 0 Å². The summed E-state index contributed by atoms with van der Waals surface area (Å²) in [5.41, 5.74) is 6.15. The molecule has 3 fully saturated rings. The van der Waals surface area contributed by atoms with Crippen molar-refractivity contribution in [3.63, 3.8) is 0 Å². The number of carbonyl (C=O) groups is 5. The Hall–Kier alpha value is -3.90. The van der Waals surface area contributed by atoms with Crippen LogP contribution in [0.5, 0.6) is 0 Å². The molecular weight excluding hydrogens is 568 g/mol. The van der Waals surface area contributed by atoms with Crippen molar-refractivity contribution in [2.75, 3.05) is 6.54 Å². The summed E-state index contributed by atoms with van der Waals surface area (Å²) in [5.74, 6) is -1.65. The molecule has 4 rings (SSSR count). The van der Waals surface area contributed by atoms with Crippen LogP contribution in [0, 0.1) is 11.3 Å². The molecule has 1 saturated heterocycles. The number of hydrogen-bond acceptors (Lipinski definition) is 9. The van der Waals surface area contributed by atoms with Crippen LogP contribution in [0.1, 0.15) is 90.7 Å². The zero-order valence-electron chi connectivity index (χ0n) is 25.9. The molecule has 13 nitrogen and oxygen atoms in total. The van der Waals surface area contributed by atoms with Gasteiger partial charge in [0.1, 0.15) is 30.0 Å². The summed E-state index contributed by atoms with van der Waals surface area (Å²) >= 11 is 0. The Morgan fingerprint density at radius 2 is 1.86 bits per heavy atom. The van der Waals surface area contributed by atoms with Gasteiger partial charge in [0.05, 0.1) is 12.3 Å². The predicted molar refractivity (Wildman–Crippen MR) is 161 cm³/mol. The minimum absolute atomic E-state index is 0.0369. The fourth-order valence-electron chi connectivity index (χ4n) is 5.92. The van der Waals surface area contributed by atoms with Gasteiger partial charge >= 0.3 is 12.0 Å². The second-order valence-electron chi connectivity index (χ2n) is 13.3. The van der Waals surface area contributed by atoms with Crippen molar-refractivity contribution in [2.45, 2.75) is 115 Å². The lowest BCUT2D eigenvalue weighted by molar-refractivity contribution is -0.154. The number of nitrogens with one attached hydrogen (secondary N) is 3. The molecule has 0 bridgehead atoms. The van der Waals surface area contributed by atoms with E-state index in [1.54, 1.807) is 23.2 Å². The third-order valence-corrected chi connectivity index (χ3v) is 8.65. The third-order valence-electron chi connectivity index (χ3n) is 8.65. The molecule has 0 aromatic carbocycles. The molecule has 13 heteroatoms. The second-order valence-corrected chi connectivity index (χ2v) is 13.3. The minimum atomic E-state index is -1.20. The van der Waals surface area contributed by atoms with Gasteiger partial charge in [0.2, 0.25) is 11.7 Å². The monoisotopic (exact) mass is 614 g/mol. The Labute approximate surface area is 258 Å². The van der Waals surface area contributed by atoms with Gasteiger partial charge in [0.15, 0.2) is 0 Å². The summed E-state index contributed by atoms with van der Waals surface area (Å²) in [6.45, 7) is 6.03. The number of furan rings is 1. The van der Waals surface area contributed by atoms with Crippen LogP contribution in [0.2, 0.25) is 0 Å². The molecule has 5 N–H and O–H groups in total. The van der Waals surface area contributed by atoms with Crippen LogP contribution in [0.25, 0.3) is 0 Å². The van der Waals surface area contributed by atoms with Gasteiger partial charge in [-0.2, -0.15) is 5.10 Å². The van der Waals surface area contributed by atoms with Crippen molar-refractivity contribution in [3.8, 4) is 0 Å². The molecule has 3 unspecified atom stereocenters. The highest BCUT2D eigenvalue weighted by atomic mass is 16.5. The quantitative estimate of drug-likeness (QED) is 0.113. The van der Waals surface area contributed by atoms with E-state index < -0.39 is 46.7 Å². The normalized spacial score (nSPS) is 21.3. The van der Waals surface area contributed by atoms with Crippen molar-refractivity contribution in [1.82, 2.24) is 21.0 Å². The molecule has 1 aromatic rings. The number of likely N-dealkylation sites (tertiary alicyclic amines) is 1. The number of carbonyl (C=O) groups excluding carboxylic acids is 5. The molecule has 1 aliphatic heterocycles. The lowest BCUT2D eigenvalue weighted by atomic mass is 9.81. The average molecular weight is 615 g/mol. The summed E-state index contributed by atoms with van der Waals surface area (Å²) in [7, 11) is 0. The number of Topliss-reactive ketones (excluding diaryl/α,β-unsaturated/α-hetero) is 1. The Morgan fingerprint density at radius 3 is 2.48 bits per heavy atom. The maximum absolute atomic E-state index is 13.9. The number of ketones is 1. The summed E-state index contributed by atoms with van der Waals surface area (Å²) in [4.78, 5) is 66.0. The Morgan fingerprint density at radius 1 is 1.14 bits per heavy atom. The van der Waals surface area contributed by atoms with Crippen LogP contribution in [0.15, 0.2) is 27.9 Å². The van der Waals surface area contributed by atoms with E-state index in [9.17, 15) is 24.0 Å². The Bertz CT molecular complexity index is 1210. The zero-order chi connectivity index (χ0) is 31.9. The summed E-state index contributed by atoms with van der Waals surface area (Å²) < 4.78 is 10.8. The zero-order valence-corrected chi connectivity index (χ0v) is 25.9. The van der Waals surface area contributed by atoms with Crippen molar-refractivity contribution in [2.24, 2.45) is 22.2 Å². The summed E-state index contributed by atoms with van der Waals surface area (Å²) in [5, 5.41) is 9.97. The number of esters is 1. The topological polar surface area (TPSA) is 185 Å². The molecular formula is C31H46N6O7. The molecule has 3 aliphatic rings. The van der Waals surface area contributed by atoms with Crippen molar-refractivity contribution >= 4 is 35.8 Å². The first-order chi connectivity index (χ1) is 20.9. The Balaban J connectivity index is 1.41. The van der Waals surface area contributed by atoms with E-state index in [0.29, 0.717) is 43.9 Å². The molecule has 0 spiro atoms. The van der Waals surface area contributed by atoms with Crippen LogP contribution in [-0.2, 0) is 30.5 Å². The van der Waals surface area contributed by atoms with Crippen LogP contribution in [0.4, 0.5) is 4.79 Å². The number of urea groups is 1.